The van der Waals surface area contributed by atoms with Gasteiger partial charge in [-0.2, -0.15) is 4.99 Å². The Hall–Kier alpha value is -4.73. The van der Waals surface area contributed by atoms with Crippen molar-refractivity contribution in [3.63, 3.8) is 0 Å². The summed E-state index contributed by atoms with van der Waals surface area (Å²) in [4.78, 5) is 56.9. The van der Waals surface area contributed by atoms with E-state index in [2.05, 4.69) is 4.99 Å². The van der Waals surface area contributed by atoms with Gasteiger partial charge in [0.1, 0.15) is 17.0 Å². The molecule has 34 heavy (non-hydrogen) atoms. The monoisotopic (exact) mass is 459 g/mol. The zero-order valence-corrected chi connectivity index (χ0v) is 18.1. The lowest BCUT2D eigenvalue weighted by Crippen LogP contribution is -2.33. The summed E-state index contributed by atoms with van der Waals surface area (Å²) >= 11 is 0. The minimum absolute atomic E-state index is 0.0588. The van der Waals surface area contributed by atoms with E-state index in [9.17, 15) is 19.2 Å². The smallest absolute Gasteiger partial charge is 0.349 e. The van der Waals surface area contributed by atoms with Crippen LogP contribution < -0.4 is 14.2 Å². The van der Waals surface area contributed by atoms with Crippen LogP contribution >= 0.6 is 0 Å². The van der Waals surface area contributed by atoms with E-state index in [4.69, 9.17) is 14.2 Å². The molecule has 1 fully saturated rings. The van der Waals surface area contributed by atoms with E-state index >= 15 is 0 Å². The zero-order chi connectivity index (χ0) is 24.0. The first kappa shape index (κ1) is 21.1. The fourth-order valence-electron chi connectivity index (χ4n) is 3.71. The van der Waals surface area contributed by atoms with Crippen molar-refractivity contribution >= 4 is 35.6 Å². The number of carbonyl (C=O) groups is 4. The van der Waals surface area contributed by atoms with E-state index < -0.39 is 23.6 Å². The molecule has 0 aliphatic carbocycles. The van der Waals surface area contributed by atoms with Crippen LogP contribution in [0.2, 0.25) is 0 Å². The van der Waals surface area contributed by atoms with Gasteiger partial charge < -0.3 is 19.1 Å². The van der Waals surface area contributed by atoms with Crippen molar-refractivity contribution in [3.05, 3.63) is 71.1 Å². The number of hydrogen-bond acceptors (Lipinski definition) is 7. The number of carbonyl (C=O) groups excluding carboxylic acids is 4. The van der Waals surface area contributed by atoms with Crippen LogP contribution in [0.1, 0.15) is 22.8 Å². The topological polar surface area (TPSA) is 115 Å². The SMILES string of the molecule is CC(=O)N=C1N(/C=C2\C(=O)Oc3ccccc3C2=O)C(=O)/C(=C/c2ccc3c(c2)OCO3)N1C. The summed E-state index contributed by atoms with van der Waals surface area (Å²) in [6.07, 6.45) is 2.64. The molecule has 10 heteroatoms. The van der Waals surface area contributed by atoms with Crippen LogP contribution in [0.3, 0.4) is 0 Å². The van der Waals surface area contributed by atoms with Gasteiger partial charge in [0.05, 0.1) is 5.56 Å². The highest BCUT2D eigenvalue weighted by Crippen LogP contribution is 2.34. The molecule has 10 nitrogen and oxygen atoms in total. The van der Waals surface area contributed by atoms with E-state index in [1.165, 1.54) is 24.0 Å². The number of fused-ring (bicyclic) bond motifs is 2. The van der Waals surface area contributed by atoms with Crippen LogP contribution in [0.4, 0.5) is 0 Å². The number of rotatable bonds is 2. The molecule has 3 heterocycles. The average molecular weight is 459 g/mol. The molecule has 0 saturated carbocycles. The maximum absolute atomic E-state index is 13.3. The third-order valence-electron chi connectivity index (χ3n) is 5.33. The molecule has 0 spiro atoms. The molecule has 2 amide bonds. The van der Waals surface area contributed by atoms with Crippen molar-refractivity contribution in [3.8, 4) is 17.2 Å². The third-order valence-corrected chi connectivity index (χ3v) is 5.33. The van der Waals surface area contributed by atoms with Crippen LogP contribution in [0, 0.1) is 0 Å². The summed E-state index contributed by atoms with van der Waals surface area (Å²) in [6, 6.07) is 11.5. The maximum Gasteiger partial charge on any atom is 0.349 e. The Morgan fingerprint density at radius 1 is 1.03 bits per heavy atom. The number of likely N-dealkylation sites (N-methyl/N-ethyl adjacent to an activating group) is 1. The fraction of sp³-hybridized carbons (Fsp3) is 0.125. The minimum Gasteiger partial charge on any atom is -0.454 e. The molecular formula is C24H17N3O7. The number of Topliss-reactive ketones (excluding diaryl/α,β-unsaturated/α-hetero) is 1. The van der Waals surface area contributed by atoms with Crippen molar-refractivity contribution in [1.29, 1.82) is 0 Å². The fourth-order valence-corrected chi connectivity index (χ4v) is 3.71. The van der Waals surface area contributed by atoms with Crippen molar-refractivity contribution in [1.82, 2.24) is 9.80 Å². The molecule has 0 N–H and O–H groups in total. The zero-order valence-electron chi connectivity index (χ0n) is 18.1. The quantitative estimate of drug-likeness (QED) is 0.290. The molecule has 0 atom stereocenters. The van der Waals surface area contributed by atoms with Gasteiger partial charge in [-0.15, -0.1) is 0 Å². The summed E-state index contributed by atoms with van der Waals surface area (Å²) < 4.78 is 15.9. The number of hydrogen-bond donors (Lipinski definition) is 0. The summed E-state index contributed by atoms with van der Waals surface area (Å²) in [5, 5.41) is 0. The number of ketones is 1. The first-order chi connectivity index (χ1) is 16.3. The lowest BCUT2D eigenvalue weighted by atomic mass is 10.0. The van der Waals surface area contributed by atoms with Gasteiger partial charge in [0, 0.05) is 20.2 Å². The Balaban J connectivity index is 1.56. The summed E-state index contributed by atoms with van der Waals surface area (Å²) in [5.41, 5.74) is 0.626. The van der Waals surface area contributed by atoms with E-state index in [1.807, 2.05) is 0 Å². The van der Waals surface area contributed by atoms with E-state index in [-0.39, 0.29) is 35.3 Å². The molecule has 170 valence electrons. The van der Waals surface area contributed by atoms with Gasteiger partial charge in [0.25, 0.3) is 5.91 Å². The Morgan fingerprint density at radius 3 is 2.59 bits per heavy atom. The van der Waals surface area contributed by atoms with Crippen LogP contribution in [-0.2, 0) is 14.4 Å². The Kier molecular flexibility index (Phi) is 4.97. The second kappa shape index (κ2) is 8.00. The highest BCUT2D eigenvalue weighted by Gasteiger charge is 2.39. The van der Waals surface area contributed by atoms with Gasteiger partial charge in [0.2, 0.25) is 24.4 Å². The Bertz CT molecular complexity index is 1370. The molecule has 2 aromatic carbocycles. The van der Waals surface area contributed by atoms with Gasteiger partial charge in [-0.05, 0) is 35.9 Å². The number of nitrogens with zero attached hydrogens (tertiary/aromatic N) is 3. The number of amides is 2. The average Bonchev–Trinajstić information content (AvgIpc) is 3.35. The molecule has 5 rings (SSSR count). The number of ether oxygens (including phenoxy) is 3. The first-order valence-electron chi connectivity index (χ1n) is 10.2. The number of aliphatic imine (C=N–C) groups is 1. The van der Waals surface area contributed by atoms with Crippen molar-refractivity contribution < 1.29 is 33.4 Å². The van der Waals surface area contributed by atoms with Crippen molar-refractivity contribution in [2.45, 2.75) is 6.92 Å². The van der Waals surface area contributed by atoms with Gasteiger partial charge in [-0.1, -0.05) is 18.2 Å². The molecule has 3 aliphatic rings. The predicted octanol–water partition coefficient (Wildman–Crippen LogP) is 2.12. The largest absolute Gasteiger partial charge is 0.454 e. The van der Waals surface area contributed by atoms with Crippen LogP contribution in [0.15, 0.2) is 64.9 Å². The molecule has 0 aromatic heterocycles. The lowest BCUT2D eigenvalue weighted by molar-refractivity contribution is -0.130. The third kappa shape index (κ3) is 3.51. The number of guanidine groups is 1. The van der Waals surface area contributed by atoms with Crippen molar-refractivity contribution in [2.75, 3.05) is 13.8 Å². The van der Waals surface area contributed by atoms with Crippen molar-refractivity contribution in [2.24, 2.45) is 4.99 Å². The Labute approximate surface area is 193 Å². The molecular weight excluding hydrogens is 442 g/mol. The second-order valence-electron chi connectivity index (χ2n) is 7.56. The molecule has 0 unspecified atom stereocenters. The second-order valence-corrected chi connectivity index (χ2v) is 7.56. The lowest BCUT2D eigenvalue weighted by Gasteiger charge is -2.19. The standard InChI is InChI=1S/C24H17N3O7/c1-13(28)25-24-26(2)17(9-14-7-8-19-20(10-14)33-12-32-19)22(30)27(24)11-16-21(29)15-5-3-4-6-18(15)34-23(16)31/h3-11H,12H2,1-2H3/b16-11-,17-9-,25-24?. The number of para-hydroxylation sites is 1. The predicted molar refractivity (Wildman–Crippen MR) is 118 cm³/mol. The minimum atomic E-state index is -0.908. The molecule has 0 radical (unpaired) electrons. The number of benzene rings is 2. The molecule has 0 bridgehead atoms. The molecule has 1 saturated heterocycles. The van der Waals surface area contributed by atoms with E-state index in [0.29, 0.717) is 17.1 Å². The van der Waals surface area contributed by atoms with Crippen LogP contribution in [0.25, 0.3) is 6.08 Å². The number of esters is 1. The van der Waals surface area contributed by atoms with Crippen LogP contribution in [0.5, 0.6) is 17.2 Å². The summed E-state index contributed by atoms with van der Waals surface area (Å²) in [5.74, 6) is -1.46. The highest BCUT2D eigenvalue weighted by atomic mass is 16.7. The first-order valence-corrected chi connectivity index (χ1v) is 10.2. The highest BCUT2D eigenvalue weighted by molar-refractivity contribution is 6.28. The Morgan fingerprint density at radius 2 is 1.79 bits per heavy atom. The van der Waals surface area contributed by atoms with E-state index in [1.54, 1.807) is 43.5 Å². The summed E-state index contributed by atoms with van der Waals surface area (Å²) in [7, 11) is 1.55. The van der Waals surface area contributed by atoms with Gasteiger partial charge in [-0.3, -0.25) is 19.3 Å². The van der Waals surface area contributed by atoms with Gasteiger partial charge in [0.15, 0.2) is 11.5 Å². The van der Waals surface area contributed by atoms with Gasteiger partial charge in [-0.25, -0.2) is 4.79 Å². The molecule has 2 aromatic rings. The maximum atomic E-state index is 13.3. The van der Waals surface area contributed by atoms with Gasteiger partial charge >= 0.3 is 5.97 Å². The van der Waals surface area contributed by atoms with Crippen LogP contribution in [-0.4, -0.2) is 53.2 Å². The summed E-state index contributed by atoms with van der Waals surface area (Å²) in [6.45, 7) is 1.34. The van der Waals surface area contributed by atoms with E-state index in [0.717, 1.165) is 11.1 Å². The molecule has 3 aliphatic heterocycles. The normalized spacial score (nSPS) is 20.4.